The van der Waals surface area contributed by atoms with Crippen molar-refractivity contribution >= 4 is 16.7 Å². The second kappa shape index (κ2) is 6.55. The number of ether oxygens (including phenoxy) is 1. The van der Waals surface area contributed by atoms with Crippen LogP contribution in [-0.2, 0) is 11.3 Å². The van der Waals surface area contributed by atoms with Crippen molar-refractivity contribution in [3.8, 4) is 0 Å². The van der Waals surface area contributed by atoms with Crippen LogP contribution in [0.25, 0.3) is 10.9 Å². The minimum atomic E-state index is -0.0392. The van der Waals surface area contributed by atoms with Gasteiger partial charge in [-0.2, -0.15) is 0 Å². The number of para-hydroxylation sites is 1. The molecule has 0 radical (unpaired) electrons. The SMILES string of the molecule is Nc1cccc(C2CN(Cc3ccc4ccccc4n3)CCO2)n1. The van der Waals surface area contributed by atoms with Crippen molar-refractivity contribution in [1.29, 1.82) is 0 Å². The van der Waals surface area contributed by atoms with Gasteiger partial charge in [-0.3, -0.25) is 9.88 Å². The predicted molar refractivity (Wildman–Crippen MR) is 94.4 cm³/mol. The highest BCUT2D eigenvalue weighted by atomic mass is 16.5. The summed E-state index contributed by atoms with van der Waals surface area (Å²) < 4.78 is 5.88. The Morgan fingerprint density at radius 3 is 2.88 bits per heavy atom. The zero-order chi connectivity index (χ0) is 16.4. The summed E-state index contributed by atoms with van der Waals surface area (Å²) in [5.74, 6) is 0.532. The van der Waals surface area contributed by atoms with Crippen molar-refractivity contribution in [3.05, 3.63) is 66.0 Å². The summed E-state index contributed by atoms with van der Waals surface area (Å²) >= 11 is 0. The molecule has 5 heteroatoms. The quantitative estimate of drug-likeness (QED) is 0.804. The molecule has 1 atom stereocenters. The average Bonchev–Trinajstić information content (AvgIpc) is 2.62. The van der Waals surface area contributed by atoms with Gasteiger partial charge in [0.05, 0.1) is 23.5 Å². The molecule has 1 fully saturated rings. The van der Waals surface area contributed by atoms with Gasteiger partial charge in [0, 0.05) is 25.0 Å². The Kier molecular flexibility index (Phi) is 4.11. The molecule has 24 heavy (non-hydrogen) atoms. The molecular weight excluding hydrogens is 300 g/mol. The Labute approximate surface area is 141 Å². The molecule has 3 aromatic rings. The number of fused-ring (bicyclic) bond motifs is 1. The standard InChI is InChI=1S/C19H20N4O/c20-19-7-3-6-17(22-19)18-13-23(10-11-24-18)12-15-9-8-14-4-1-2-5-16(14)21-15/h1-9,18H,10-13H2,(H2,20,22). The number of hydrogen-bond donors (Lipinski definition) is 1. The van der Waals surface area contributed by atoms with Gasteiger partial charge in [-0.15, -0.1) is 0 Å². The van der Waals surface area contributed by atoms with Crippen LogP contribution in [-0.4, -0.2) is 34.6 Å². The minimum Gasteiger partial charge on any atom is -0.384 e. The topological polar surface area (TPSA) is 64.3 Å². The molecule has 1 aromatic carbocycles. The first-order valence-electron chi connectivity index (χ1n) is 8.19. The van der Waals surface area contributed by atoms with Gasteiger partial charge in [0.1, 0.15) is 11.9 Å². The second-order valence-corrected chi connectivity index (χ2v) is 6.08. The van der Waals surface area contributed by atoms with E-state index >= 15 is 0 Å². The van der Waals surface area contributed by atoms with Crippen molar-refractivity contribution in [1.82, 2.24) is 14.9 Å². The zero-order valence-corrected chi connectivity index (χ0v) is 13.4. The first-order valence-corrected chi connectivity index (χ1v) is 8.19. The van der Waals surface area contributed by atoms with E-state index in [1.807, 2.05) is 24.3 Å². The number of pyridine rings is 2. The van der Waals surface area contributed by atoms with Gasteiger partial charge in [0.15, 0.2) is 0 Å². The van der Waals surface area contributed by atoms with E-state index in [0.29, 0.717) is 12.4 Å². The maximum Gasteiger partial charge on any atom is 0.123 e. The number of nitrogens with two attached hydrogens (primary N) is 1. The van der Waals surface area contributed by atoms with Gasteiger partial charge in [0.2, 0.25) is 0 Å². The molecular formula is C19H20N4O. The Morgan fingerprint density at radius 2 is 1.96 bits per heavy atom. The molecule has 1 unspecified atom stereocenters. The molecule has 0 aliphatic carbocycles. The molecule has 0 bridgehead atoms. The number of benzene rings is 1. The molecule has 122 valence electrons. The Balaban J connectivity index is 1.49. The number of nitrogen functional groups attached to an aromatic ring is 1. The third-order valence-corrected chi connectivity index (χ3v) is 4.31. The summed E-state index contributed by atoms with van der Waals surface area (Å²) in [5, 5.41) is 1.17. The van der Waals surface area contributed by atoms with E-state index < -0.39 is 0 Å². The molecule has 3 heterocycles. The van der Waals surface area contributed by atoms with Gasteiger partial charge >= 0.3 is 0 Å². The van der Waals surface area contributed by atoms with Crippen LogP contribution in [0.4, 0.5) is 5.82 Å². The molecule has 1 aliphatic heterocycles. The van der Waals surface area contributed by atoms with Crippen molar-refractivity contribution < 1.29 is 4.74 Å². The van der Waals surface area contributed by atoms with E-state index in [1.54, 1.807) is 6.07 Å². The van der Waals surface area contributed by atoms with Crippen molar-refractivity contribution in [2.75, 3.05) is 25.4 Å². The van der Waals surface area contributed by atoms with E-state index in [-0.39, 0.29) is 6.10 Å². The van der Waals surface area contributed by atoms with Crippen LogP contribution in [0.5, 0.6) is 0 Å². The number of nitrogens with zero attached hydrogens (tertiary/aromatic N) is 3. The molecule has 0 amide bonds. The molecule has 0 spiro atoms. The lowest BCUT2D eigenvalue weighted by Crippen LogP contribution is -2.38. The third kappa shape index (κ3) is 3.22. The second-order valence-electron chi connectivity index (χ2n) is 6.08. The number of rotatable bonds is 3. The molecule has 5 nitrogen and oxygen atoms in total. The predicted octanol–water partition coefficient (Wildman–Crippen LogP) is 2.79. The lowest BCUT2D eigenvalue weighted by atomic mass is 10.1. The largest absolute Gasteiger partial charge is 0.384 e. The summed E-state index contributed by atoms with van der Waals surface area (Å²) in [6, 6.07) is 18.1. The molecule has 2 N–H and O–H groups in total. The monoisotopic (exact) mass is 320 g/mol. The average molecular weight is 320 g/mol. The van der Waals surface area contributed by atoms with E-state index in [4.69, 9.17) is 15.5 Å². The molecule has 4 rings (SSSR count). The maximum absolute atomic E-state index is 5.88. The Morgan fingerprint density at radius 1 is 1.04 bits per heavy atom. The van der Waals surface area contributed by atoms with Crippen LogP contribution in [0.1, 0.15) is 17.5 Å². The van der Waals surface area contributed by atoms with E-state index in [2.05, 4.69) is 34.1 Å². The van der Waals surface area contributed by atoms with Crippen molar-refractivity contribution in [3.63, 3.8) is 0 Å². The summed E-state index contributed by atoms with van der Waals surface area (Å²) in [6.45, 7) is 3.19. The van der Waals surface area contributed by atoms with E-state index in [0.717, 1.165) is 36.5 Å². The fraction of sp³-hybridized carbons (Fsp3) is 0.263. The lowest BCUT2D eigenvalue weighted by Gasteiger charge is -2.32. The highest BCUT2D eigenvalue weighted by Gasteiger charge is 2.23. The van der Waals surface area contributed by atoms with Crippen LogP contribution in [0.2, 0.25) is 0 Å². The first-order chi connectivity index (χ1) is 11.8. The fourth-order valence-electron chi connectivity index (χ4n) is 3.10. The van der Waals surface area contributed by atoms with Crippen LogP contribution < -0.4 is 5.73 Å². The smallest absolute Gasteiger partial charge is 0.123 e. The number of anilines is 1. The minimum absolute atomic E-state index is 0.0392. The van der Waals surface area contributed by atoms with E-state index in [1.165, 1.54) is 5.39 Å². The maximum atomic E-state index is 5.88. The van der Waals surface area contributed by atoms with Crippen LogP contribution in [0, 0.1) is 0 Å². The van der Waals surface area contributed by atoms with Crippen molar-refractivity contribution in [2.45, 2.75) is 12.6 Å². The molecule has 2 aromatic heterocycles. The summed E-state index contributed by atoms with van der Waals surface area (Å²) in [5.41, 5.74) is 8.80. The molecule has 1 saturated heterocycles. The highest BCUT2D eigenvalue weighted by Crippen LogP contribution is 2.22. The number of aromatic nitrogens is 2. The Bertz CT molecular complexity index is 851. The summed E-state index contributed by atoms with van der Waals surface area (Å²) in [6.07, 6.45) is -0.0392. The van der Waals surface area contributed by atoms with Crippen LogP contribution >= 0.6 is 0 Å². The normalized spacial score (nSPS) is 18.8. The summed E-state index contributed by atoms with van der Waals surface area (Å²) in [7, 11) is 0. The van der Waals surface area contributed by atoms with E-state index in [9.17, 15) is 0 Å². The van der Waals surface area contributed by atoms with Gasteiger partial charge in [-0.05, 0) is 24.3 Å². The Hall–Kier alpha value is -2.50. The van der Waals surface area contributed by atoms with Gasteiger partial charge in [0.25, 0.3) is 0 Å². The number of morpholine rings is 1. The summed E-state index contributed by atoms with van der Waals surface area (Å²) in [4.78, 5) is 11.5. The lowest BCUT2D eigenvalue weighted by molar-refractivity contribution is -0.0352. The first kappa shape index (κ1) is 15.1. The fourth-order valence-corrected chi connectivity index (χ4v) is 3.10. The van der Waals surface area contributed by atoms with Crippen LogP contribution in [0.3, 0.4) is 0 Å². The van der Waals surface area contributed by atoms with Crippen LogP contribution in [0.15, 0.2) is 54.6 Å². The molecule has 0 saturated carbocycles. The number of hydrogen-bond acceptors (Lipinski definition) is 5. The molecule has 1 aliphatic rings. The zero-order valence-electron chi connectivity index (χ0n) is 13.4. The van der Waals surface area contributed by atoms with Crippen molar-refractivity contribution in [2.24, 2.45) is 0 Å². The van der Waals surface area contributed by atoms with Gasteiger partial charge in [-0.1, -0.05) is 30.3 Å². The third-order valence-electron chi connectivity index (χ3n) is 4.31. The van der Waals surface area contributed by atoms with Gasteiger partial charge in [-0.25, -0.2) is 4.98 Å². The van der Waals surface area contributed by atoms with Gasteiger partial charge < -0.3 is 10.5 Å². The highest BCUT2D eigenvalue weighted by molar-refractivity contribution is 5.78.